The van der Waals surface area contributed by atoms with Crippen molar-refractivity contribution in [2.45, 2.75) is 12.2 Å². The number of benzene rings is 2. The van der Waals surface area contributed by atoms with Gasteiger partial charge in [-0.3, -0.25) is 0 Å². The standard InChI is InChI=1S/C16H16O2/c1-17-15-12-9-6-10-13(16(15)18-2)14(12)11-7-4-3-5-8-11/h3-10,15-16H,1-2H3. The van der Waals surface area contributed by atoms with E-state index in [2.05, 4.69) is 42.5 Å². The molecule has 2 heteroatoms. The van der Waals surface area contributed by atoms with Crippen LogP contribution >= 0.6 is 0 Å². The van der Waals surface area contributed by atoms with Crippen LogP contribution in [-0.2, 0) is 9.47 Å². The first-order valence-corrected chi connectivity index (χ1v) is 6.10. The molecule has 0 amide bonds. The lowest BCUT2D eigenvalue weighted by Gasteiger charge is -2.17. The van der Waals surface area contributed by atoms with Gasteiger partial charge in [0.2, 0.25) is 0 Å². The summed E-state index contributed by atoms with van der Waals surface area (Å²) >= 11 is 0. The molecular formula is C16H16O2. The first-order valence-electron chi connectivity index (χ1n) is 6.10. The molecule has 0 N–H and O–H groups in total. The smallest absolute Gasteiger partial charge is 0.113 e. The zero-order chi connectivity index (χ0) is 12.5. The van der Waals surface area contributed by atoms with Crippen LogP contribution in [0.3, 0.4) is 0 Å². The van der Waals surface area contributed by atoms with Crippen molar-refractivity contribution >= 4 is 0 Å². The van der Waals surface area contributed by atoms with Gasteiger partial charge in [0, 0.05) is 14.2 Å². The van der Waals surface area contributed by atoms with Gasteiger partial charge in [0.15, 0.2) is 0 Å². The van der Waals surface area contributed by atoms with E-state index in [1.54, 1.807) is 14.2 Å². The van der Waals surface area contributed by atoms with Gasteiger partial charge in [-0.2, -0.15) is 0 Å². The van der Waals surface area contributed by atoms with E-state index >= 15 is 0 Å². The second-order valence-corrected chi connectivity index (χ2v) is 4.49. The summed E-state index contributed by atoms with van der Waals surface area (Å²) in [5.74, 6) is 0. The Morgan fingerprint density at radius 1 is 0.722 bits per heavy atom. The first kappa shape index (κ1) is 11.5. The molecule has 0 saturated heterocycles. The Labute approximate surface area is 107 Å². The maximum atomic E-state index is 5.61. The molecule has 0 spiro atoms. The minimum atomic E-state index is -0.00444. The van der Waals surface area contributed by atoms with Crippen LogP contribution in [0, 0.1) is 0 Å². The van der Waals surface area contributed by atoms with E-state index in [1.807, 2.05) is 6.07 Å². The summed E-state index contributed by atoms with van der Waals surface area (Å²) in [7, 11) is 3.47. The van der Waals surface area contributed by atoms with Gasteiger partial charge in [-0.25, -0.2) is 0 Å². The zero-order valence-electron chi connectivity index (χ0n) is 10.6. The van der Waals surface area contributed by atoms with Gasteiger partial charge in [-0.05, 0) is 22.3 Å². The maximum absolute atomic E-state index is 5.61. The number of hydrogen-bond acceptors (Lipinski definition) is 2. The molecule has 92 valence electrons. The van der Waals surface area contributed by atoms with Crippen LogP contribution in [0.25, 0.3) is 11.1 Å². The van der Waals surface area contributed by atoms with E-state index < -0.39 is 0 Å². The number of ether oxygens (including phenoxy) is 2. The molecular weight excluding hydrogens is 224 g/mol. The second-order valence-electron chi connectivity index (χ2n) is 4.49. The van der Waals surface area contributed by atoms with Crippen LogP contribution in [0.1, 0.15) is 23.3 Å². The Kier molecular flexibility index (Phi) is 2.90. The summed E-state index contributed by atoms with van der Waals surface area (Å²) < 4.78 is 11.2. The molecule has 2 unspecified atom stereocenters. The molecule has 0 aromatic heterocycles. The molecule has 0 saturated carbocycles. The predicted octanol–water partition coefficient (Wildman–Crippen LogP) is 3.74. The summed E-state index contributed by atoms with van der Waals surface area (Å²) in [6, 6.07) is 16.7. The monoisotopic (exact) mass is 240 g/mol. The zero-order valence-corrected chi connectivity index (χ0v) is 10.6. The third kappa shape index (κ3) is 1.57. The Hall–Kier alpha value is -1.64. The molecule has 1 aliphatic carbocycles. The fraction of sp³-hybridized carbons (Fsp3) is 0.250. The molecule has 2 atom stereocenters. The van der Waals surface area contributed by atoms with Crippen molar-refractivity contribution in [1.29, 1.82) is 0 Å². The Morgan fingerprint density at radius 3 is 1.78 bits per heavy atom. The maximum Gasteiger partial charge on any atom is 0.113 e. The van der Waals surface area contributed by atoms with E-state index in [0.717, 1.165) is 0 Å². The SMILES string of the molecule is COC1c2cccc(c2-c2ccccc2)C1OC. The largest absolute Gasteiger partial charge is 0.374 e. The van der Waals surface area contributed by atoms with Crippen molar-refractivity contribution in [2.75, 3.05) is 14.2 Å². The van der Waals surface area contributed by atoms with Crippen LogP contribution in [0.4, 0.5) is 0 Å². The van der Waals surface area contributed by atoms with Gasteiger partial charge < -0.3 is 9.47 Å². The molecule has 2 aromatic rings. The quantitative estimate of drug-likeness (QED) is 0.813. The van der Waals surface area contributed by atoms with E-state index in [1.165, 1.54) is 22.3 Å². The van der Waals surface area contributed by atoms with Crippen molar-refractivity contribution in [2.24, 2.45) is 0 Å². The fourth-order valence-electron chi connectivity index (χ4n) is 2.83. The van der Waals surface area contributed by atoms with Gasteiger partial charge in [-0.15, -0.1) is 0 Å². The van der Waals surface area contributed by atoms with E-state index in [4.69, 9.17) is 9.47 Å². The first-order chi connectivity index (χ1) is 8.86. The van der Waals surface area contributed by atoms with Gasteiger partial charge in [0.05, 0.1) is 0 Å². The lowest BCUT2D eigenvalue weighted by molar-refractivity contribution is -0.0326. The van der Waals surface area contributed by atoms with E-state index in [0.29, 0.717) is 0 Å². The minimum absolute atomic E-state index is 0.00444. The highest BCUT2D eigenvalue weighted by molar-refractivity contribution is 5.75. The van der Waals surface area contributed by atoms with E-state index in [-0.39, 0.29) is 12.2 Å². The molecule has 0 aliphatic heterocycles. The highest BCUT2D eigenvalue weighted by atomic mass is 16.5. The van der Waals surface area contributed by atoms with Crippen LogP contribution in [0.5, 0.6) is 0 Å². The van der Waals surface area contributed by atoms with Crippen molar-refractivity contribution in [3.05, 3.63) is 59.7 Å². The lowest BCUT2D eigenvalue weighted by atomic mass is 10.00. The van der Waals surface area contributed by atoms with Gasteiger partial charge >= 0.3 is 0 Å². The minimum Gasteiger partial charge on any atom is -0.374 e. The molecule has 0 fully saturated rings. The van der Waals surface area contributed by atoms with Crippen molar-refractivity contribution in [3.63, 3.8) is 0 Å². The predicted molar refractivity (Wildman–Crippen MR) is 71.4 cm³/mol. The normalized spacial score (nSPS) is 21.2. The molecule has 2 nitrogen and oxygen atoms in total. The molecule has 0 radical (unpaired) electrons. The summed E-state index contributed by atoms with van der Waals surface area (Å²) in [5.41, 5.74) is 4.92. The number of fused-ring (bicyclic) bond motifs is 2. The van der Waals surface area contributed by atoms with E-state index in [9.17, 15) is 0 Å². The third-order valence-corrected chi connectivity index (χ3v) is 3.59. The Morgan fingerprint density at radius 2 is 1.28 bits per heavy atom. The number of methoxy groups -OCH3 is 2. The third-order valence-electron chi connectivity index (χ3n) is 3.59. The Bertz CT molecular complexity index is 520. The van der Waals surface area contributed by atoms with Gasteiger partial charge in [0.1, 0.15) is 12.2 Å². The average Bonchev–Trinajstić information content (AvgIpc) is 2.62. The highest BCUT2D eigenvalue weighted by Gasteiger charge is 2.36. The van der Waals surface area contributed by atoms with Crippen LogP contribution in [-0.4, -0.2) is 14.2 Å². The number of rotatable bonds is 3. The summed E-state index contributed by atoms with van der Waals surface area (Å²) in [4.78, 5) is 0. The topological polar surface area (TPSA) is 18.5 Å². The average molecular weight is 240 g/mol. The van der Waals surface area contributed by atoms with Gasteiger partial charge in [0.25, 0.3) is 0 Å². The molecule has 2 aromatic carbocycles. The van der Waals surface area contributed by atoms with Crippen molar-refractivity contribution < 1.29 is 9.47 Å². The molecule has 1 aliphatic rings. The van der Waals surface area contributed by atoms with Crippen LogP contribution in [0.2, 0.25) is 0 Å². The molecule has 18 heavy (non-hydrogen) atoms. The number of hydrogen-bond donors (Lipinski definition) is 0. The lowest BCUT2D eigenvalue weighted by Crippen LogP contribution is -2.08. The highest BCUT2D eigenvalue weighted by Crippen LogP contribution is 2.49. The Balaban J connectivity index is 2.19. The van der Waals surface area contributed by atoms with Crippen LogP contribution in [0.15, 0.2) is 48.5 Å². The second kappa shape index (κ2) is 4.56. The van der Waals surface area contributed by atoms with Crippen molar-refractivity contribution in [1.82, 2.24) is 0 Å². The van der Waals surface area contributed by atoms with Crippen LogP contribution < -0.4 is 0 Å². The summed E-state index contributed by atoms with van der Waals surface area (Å²) in [5, 5.41) is 0. The summed E-state index contributed by atoms with van der Waals surface area (Å²) in [6.45, 7) is 0. The molecule has 0 heterocycles. The molecule has 3 rings (SSSR count). The fourth-order valence-corrected chi connectivity index (χ4v) is 2.83. The van der Waals surface area contributed by atoms with Gasteiger partial charge in [-0.1, -0.05) is 48.5 Å². The summed E-state index contributed by atoms with van der Waals surface area (Å²) in [6.07, 6.45) is -0.00888. The molecule has 2 bridgehead atoms. The van der Waals surface area contributed by atoms with Crippen molar-refractivity contribution in [3.8, 4) is 11.1 Å².